The molecule has 28 heavy (non-hydrogen) atoms. The molecule has 0 spiro atoms. The van der Waals surface area contributed by atoms with Crippen LogP contribution in [0, 0.1) is 5.82 Å². The minimum atomic E-state index is -0.358. The fraction of sp³-hybridized carbons (Fsp3) is 0.364. The number of benzene rings is 2. The van der Waals surface area contributed by atoms with Gasteiger partial charge in [0, 0.05) is 31.7 Å². The van der Waals surface area contributed by atoms with Crippen molar-refractivity contribution < 1.29 is 14.0 Å². The number of hydrogen-bond donors (Lipinski definition) is 0. The molecule has 2 fully saturated rings. The lowest BCUT2D eigenvalue weighted by atomic mass is 9.94. The van der Waals surface area contributed by atoms with E-state index in [0.717, 1.165) is 13.1 Å². The number of β-lactam (4-membered cyclic amide) rings is 1. The molecule has 2 heterocycles. The summed E-state index contributed by atoms with van der Waals surface area (Å²) in [6.07, 6.45) is 0.567. The fourth-order valence-electron chi connectivity index (χ4n) is 3.93. The summed E-state index contributed by atoms with van der Waals surface area (Å²) in [6.45, 7) is 4.95. The molecule has 2 aliphatic heterocycles. The zero-order valence-electron chi connectivity index (χ0n) is 16.0. The van der Waals surface area contributed by atoms with Crippen LogP contribution in [0.2, 0.25) is 0 Å². The predicted octanol–water partition coefficient (Wildman–Crippen LogP) is 3.08. The standard InChI is InChI=1S/C22H24FN3O2/c1-16(27)18-7-8-20(19(23)13-18)25-11-9-24(10-12-25)15-26-21(14-22(26)28)17-5-3-2-4-6-17/h2-8,13,21H,9-12,14-15H2,1H3/t21-/m0/s1. The minimum absolute atomic E-state index is 0.137. The Kier molecular flexibility index (Phi) is 5.13. The summed E-state index contributed by atoms with van der Waals surface area (Å²) in [6, 6.07) is 14.9. The molecule has 4 rings (SSSR count). The highest BCUT2D eigenvalue weighted by molar-refractivity contribution is 5.94. The summed E-state index contributed by atoms with van der Waals surface area (Å²) in [4.78, 5) is 29.7. The quantitative estimate of drug-likeness (QED) is 0.590. The Hall–Kier alpha value is -2.73. The number of Topliss-reactive ketones (excluding diaryl/α,β-unsaturated/α-hetero) is 1. The van der Waals surface area contributed by atoms with Gasteiger partial charge in [-0.2, -0.15) is 0 Å². The molecule has 2 saturated heterocycles. The molecule has 6 heteroatoms. The molecular formula is C22H24FN3O2. The van der Waals surface area contributed by atoms with Crippen molar-refractivity contribution in [1.82, 2.24) is 9.80 Å². The van der Waals surface area contributed by atoms with Crippen LogP contribution in [0.5, 0.6) is 0 Å². The number of rotatable bonds is 5. The molecule has 0 bridgehead atoms. The first-order valence-electron chi connectivity index (χ1n) is 9.65. The SMILES string of the molecule is CC(=O)c1ccc(N2CCN(CN3C(=O)C[C@H]3c3ccccc3)CC2)c(F)c1. The fourth-order valence-corrected chi connectivity index (χ4v) is 3.93. The van der Waals surface area contributed by atoms with Crippen molar-refractivity contribution in [3.8, 4) is 0 Å². The second-order valence-corrected chi connectivity index (χ2v) is 7.46. The highest BCUT2D eigenvalue weighted by atomic mass is 19.1. The van der Waals surface area contributed by atoms with E-state index in [1.54, 1.807) is 12.1 Å². The lowest BCUT2D eigenvalue weighted by Crippen LogP contribution is -2.55. The van der Waals surface area contributed by atoms with E-state index in [1.807, 2.05) is 28.0 Å². The predicted molar refractivity (Wildman–Crippen MR) is 106 cm³/mol. The third kappa shape index (κ3) is 3.64. The van der Waals surface area contributed by atoms with Gasteiger partial charge in [0.25, 0.3) is 0 Å². The van der Waals surface area contributed by atoms with E-state index in [0.29, 0.717) is 37.4 Å². The molecule has 5 nitrogen and oxygen atoms in total. The summed E-state index contributed by atoms with van der Waals surface area (Å²) in [5.41, 5.74) is 2.10. The second kappa shape index (κ2) is 7.72. The van der Waals surface area contributed by atoms with Crippen molar-refractivity contribution in [2.45, 2.75) is 19.4 Å². The summed E-state index contributed by atoms with van der Waals surface area (Å²) < 4.78 is 14.4. The zero-order chi connectivity index (χ0) is 19.7. The Morgan fingerprint density at radius 3 is 2.39 bits per heavy atom. The van der Waals surface area contributed by atoms with E-state index >= 15 is 0 Å². The number of carbonyl (C=O) groups is 2. The van der Waals surface area contributed by atoms with Gasteiger partial charge >= 0.3 is 0 Å². The maximum Gasteiger partial charge on any atom is 0.226 e. The van der Waals surface area contributed by atoms with Crippen LogP contribution in [0.25, 0.3) is 0 Å². The smallest absolute Gasteiger partial charge is 0.226 e. The number of carbonyl (C=O) groups excluding carboxylic acids is 2. The van der Waals surface area contributed by atoms with Crippen LogP contribution in [0.3, 0.4) is 0 Å². The molecular weight excluding hydrogens is 357 g/mol. The van der Waals surface area contributed by atoms with Crippen LogP contribution in [0.15, 0.2) is 48.5 Å². The molecule has 2 aromatic rings. The van der Waals surface area contributed by atoms with E-state index in [-0.39, 0.29) is 23.5 Å². The van der Waals surface area contributed by atoms with Crippen LogP contribution < -0.4 is 4.90 Å². The van der Waals surface area contributed by atoms with Gasteiger partial charge in [0.05, 0.1) is 24.8 Å². The third-order valence-corrected chi connectivity index (χ3v) is 5.67. The maximum absolute atomic E-state index is 14.4. The monoisotopic (exact) mass is 381 g/mol. The molecule has 1 amide bonds. The molecule has 0 N–H and O–H groups in total. The number of piperazine rings is 1. The maximum atomic E-state index is 14.4. The Labute approximate surface area is 164 Å². The molecule has 0 saturated carbocycles. The van der Waals surface area contributed by atoms with E-state index in [2.05, 4.69) is 17.0 Å². The highest BCUT2D eigenvalue weighted by Crippen LogP contribution is 2.34. The second-order valence-electron chi connectivity index (χ2n) is 7.46. The zero-order valence-corrected chi connectivity index (χ0v) is 16.0. The highest BCUT2D eigenvalue weighted by Gasteiger charge is 2.38. The van der Waals surface area contributed by atoms with Gasteiger partial charge in [0.1, 0.15) is 5.82 Å². The first-order valence-corrected chi connectivity index (χ1v) is 9.65. The van der Waals surface area contributed by atoms with Crippen LogP contribution in [0.1, 0.15) is 35.3 Å². The van der Waals surface area contributed by atoms with Crippen LogP contribution >= 0.6 is 0 Å². The van der Waals surface area contributed by atoms with Crippen molar-refractivity contribution in [1.29, 1.82) is 0 Å². The number of ketones is 1. The number of anilines is 1. The molecule has 0 unspecified atom stereocenters. The molecule has 0 aromatic heterocycles. The number of likely N-dealkylation sites (tertiary alicyclic amines) is 1. The summed E-state index contributed by atoms with van der Waals surface area (Å²) in [7, 11) is 0. The van der Waals surface area contributed by atoms with Crippen molar-refractivity contribution in [2.75, 3.05) is 37.7 Å². The minimum Gasteiger partial charge on any atom is -0.367 e. The van der Waals surface area contributed by atoms with Crippen molar-refractivity contribution in [3.63, 3.8) is 0 Å². The van der Waals surface area contributed by atoms with Gasteiger partial charge in [-0.05, 0) is 30.7 Å². The molecule has 0 radical (unpaired) electrons. The first-order chi connectivity index (χ1) is 13.5. The number of hydrogen-bond acceptors (Lipinski definition) is 4. The van der Waals surface area contributed by atoms with Gasteiger partial charge in [0.2, 0.25) is 5.91 Å². The normalized spacial score (nSPS) is 20.2. The van der Waals surface area contributed by atoms with Gasteiger partial charge in [-0.25, -0.2) is 4.39 Å². The third-order valence-electron chi connectivity index (χ3n) is 5.67. The Balaban J connectivity index is 1.36. The van der Waals surface area contributed by atoms with Crippen LogP contribution in [0.4, 0.5) is 10.1 Å². The summed E-state index contributed by atoms with van der Waals surface area (Å²) >= 11 is 0. The van der Waals surface area contributed by atoms with Gasteiger partial charge in [-0.15, -0.1) is 0 Å². The lowest BCUT2D eigenvalue weighted by Gasteiger charge is -2.45. The van der Waals surface area contributed by atoms with Crippen molar-refractivity contribution in [2.24, 2.45) is 0 Å². The van der Waals surface area contributed by atoms with Crippen molar-refractivity contribution >= 4 is 17.4 Å². The molecule has 2 aliphatic rings. The van der Waals surface area contributed by atoms with Gasteiger partial charge in [-0.1, -0.05) is 30.3 Å². The molecule has 0 aliphatic carbocycles. The summed E-state index contributed by atoms with van der Waals surface area (Å²) in [5, 5.41) is 0. The van der Waals surface area contributed by atoms with E-state index < -0.39 is 0 Å². The van der Waals surface area contributed by atoms with Crippen LogP contribution in [-0.2, 0) is 4.79 Å². The topological polar surface area (TPSA) is 43.9 Å². The van der Waals surface area contributed by atoms with Crippen molar-refractivity contribution in [3.05, 3.63) is 65.5 Å². The van der Waals surface area contributed by atoms with Gasteiger partial charge in [-0.3, -0.25) is 14.5 Å². The van der Waals surface area contributed by atoms with E-state index in [9.17, 15) is 14.0 Å². The average molecular weight is 381 g/mol. The van der Waals surface area contributed by atoms with Gasteiger partial charge < -0.3 is 9.80 Å². The Morgan fingerprint density at radius 1 is 1.07 bits per heavy atom. The van der Waals surface area contributed by atoms with Crippen LogP contribution in [-0.4, -0.2) is 54.3 Å². The van der Waals surface area contributed by atoms with E-state index in [1.165, 1.54) is 18.6 Å². The molecule has 1 atom stereocenters. The molecule has 146 valence electrons. The average Bonchev–Trinajstić information content (AvgIpc) is 2.71. The number of halogens is 1. The lowest BCUT2D eigenvalue weighted by molar-refractivity contribution is -0.150. The largest absolute Gasteiger partial charge is 0.367 e. The number of nitrogens with zero attached hydrogens (tertiary/aromatic N) is 3. The molecule has 2 aromatic carbocycles. The Bertz CT molecular complexity index is 879. The number of amides is 1. The summed E-state index contributed by atoms with van der Waals surface area (Å²) in [5.74, 6) is -0.312. The first kappa shape index (κ1) is 18.6. The van der Waals surface area contributed by atoms with E-state index in [4.69, 9.17) is 0 Å². The Morgan fingerprint density at radius 2 is 1.79 bits per heavy atom. The van der Waals surface area contributed by atoms with Gasteiger partial charge in [0.15, 0.2) is 5.78 Å².